The first-order chi connectivity index (χ1) is 22.2. The van der Waals surface area contributed by atoms with Gasteiger partial charge < -0.3 is 10.3 Å². The summed E-state index contributed by atoms with van der Waals surface area (Å²) in [5.74, 6) is 0.0898. The molecule has 6 aromatic rings. The molecule has 1 aliphatic rings. The van der Waals surface area contributed by atoms with Gasteiger partial charge in [-0.05, 0) is 90.4 Å². The van der Waals surface area contributed by atoms with Crippen molar-refractivity contribution in [2.45, 2.75) is 38.6 Å². The fraction of sp³-hybridized carbons (Fsp3) is 0.294. The number of fused-ring (bicyclic) bond motifs is 2. The van der Waals surface area contributed by atoms with Crippen LogP contribution in [0.15, 0.2) is 61.1 Å². The molecule has 4 aromatic heterocycles. The number of hydrogen-bond donors (Lipinski definition) is 3. The van der Waals surface area contributed by atoms with E-state index >= 15 is 4.39 Å². The quantitative estimate of drug-likeness (QED) is 0.158. The van der Waals surface area contributed by atoms with E-state index in [1.54, 1.807) is 24.5 Å². The molecule has 0 amide bonds. The summed E-state index contributed by atoms with van der Waals surface area (Å²) in [5, 5.41) is 11.2. The molecule has 0 saturated heterocycles. The number of aromatic amines is 2. The van der Waals surface area contributed by atoms with Crippen LogP contribution in [0.3, 0.4) is 0 Å². The van der Waals surface area contributed by atoms with E-state index in [1.807, 2.05) is 18.3 Å². The SMILES string of the molecule is CS(=O)(=O)CCc1cc(F)cc(-c2ccnc3nc(-c4[nH]nc5c(F)cc(-c6cncc(CNCC7CCCC7)c6)cc45)[nH]c23)c1. The van der Waals surface area contributed by atoms with E-state index in [0.717, 1.165) is 29.8 Å². The summed E-state index contributed by atoms with van der Waals surface area (Å²) in [5.41, 5.74) is 5.84. The molecular weight excluding hydrogens is 608 g/mol. The Hall–Kier alpha value is -4.55. The minimum absolute atomic E-state index is 0.0844. The van der Waals surface area contributed by atoms with Crippen molar-refractivity contribution in [2.24, 2.45) is 5.92 Å². The van der Waals surface area contributed by atoms with Gasteiger partial charge in [-0.15, -0.1) is 0 Å². The molecule has 12 heteroatoms. The van der Waals surface area contributed by atoms with Crippen LogP contribution >= 0.6 is 0 Å². The van der Waals surface area contributed by atoms with Crippen LogP contribution in [0.4, 0.5) is 8.78 Å². The summed E-state index contributed by atoms with van der Waals surface area (Å²) >= 11 is 0. The fourth-order valence-electron chi connectivity index (χ4n) is 6.32. The first-order valence-electron chi connectivity index (χ1n) is 15.4. The third kappa shape index (κ3) is 6.40. The maximum absolute atomic E-state index is 15.4. The molecule has 2 aromatic carbocycles. The van der Waals surface area contributed by atoms with E-state index < -0.39 is 21.5 Å². The normalized spacial score (nSPS) is 14.2. The van der Waals surface area contributed by atoms with Gasteiger partial charge in [0.25, 0.3) is 0 Å². The number of sulfone groups is 1. The van der Waals surface area contributed by atoms with Gasteiger partial charge in [0.15, 0.2) is 17.3 Å². The molecule has 1 saturated carbocycles. The Balaban J connectivity index is 1.21. The third-order valence-electron chi connectivity index (χ3n) is 8.64. The Morgan fingerprint density at radius 1 is 0.978 bits per heavy atom. The Labute approximate surface area is 264 Å². The molecule has 236 valence electrons. The molecule has 1 aliphatic carbocycles. The standard InChI is InChI=1S/C34H33F2N7O2S/c1-46(44,45)9-7-21-10-24(13-26(35)12-21)27-6-8-39-33-31(27)40-34(41-33)32-28-14-23(15-29(36)30(28)42-43-32)25-11-22(18-38-19-25)17-37-16-20-4-2-3-5-20/h6,8,10-15,18-20,37H,2-5,7,9,16-17H2,1H3,(H,42,43)(H,39,40,41). The monoisotopic (exact) mass is 641 g/mol. The van der Waals surface area contributed by atoms with E-state index in [4.69, 9.17) is 0 Å². The minimum Gasteiger partial charge on any atom is -0.335 e. The lowest BCUT2D eigenvalue weighted by Crippen LogP contribution is -2.20. The molecule has 0 unspecified atom stereocenters. The number of rotatable bonds is 10. The largest absolute Gasteiger partial charge is 0.335 e. The van der Waals surface area contributed by atoms with E-state index in [1.165, 1.54) is 43.9 Å². The van der Waals surface area contributed by atoms with E-state index in [-0.39, 0.29) is 17.7 Å². The maximum Gasteiger partial charge on any atom is 0.178 e. The molecule has 4 heterocycles. The molecular formula is C34H33F2N7O2S. The van der Waals surface area contributed by atoms with Gasteiger partial charge in [0, 0.05) is 47.9 Å². The number of halogens is 2. The van der Waals surface area contributed by atoms with Crippen LogP contribution in [0.5, 0.6) is 0 Å². The molecule has 46 heavy (non-hydrogen) atoms. The summed E-state index contributed by atoms with van der Waals surface area (Å²) in [4.78, 5) is 16.8. The summed E-state index contributed by atoms with van der Waals surface area (Å²) in [6, 6.07) is 11.6. The Morgan fingerprint density at radius 2 is 1.80 bits per heavy atom. The van der Waals surface area contributed by atoms with Gasteiger partial charge in [-0.1, -0.05) is 18.9 Å². The van der Waals surface area contributed by atoms with Gasteiger partial charge >= 0.3 is 0 Å². The van der Waals surface area contributed by atoms with Crippen LogP contribution in [-0.4, -0.2) is 57.1 Å². The Bertz CT molecular complexity index is 2170. The molecule has 9 nitrogen and oxygen atoms in total. The summed E-state index contributed by atoms with van der Waals surface area (Å²) in [6.45, 7) is 1.68. The highest BCUT2D eigenvalue weighted by atomic mass is 32.2. The van der Waals surface area contributed by atoms with Gasteiger partial charge in [-0.2, -0.15) is 5.10 Å². The van der Waals surface area contributed by atoms with Crippen LogP contribution in [-0.2, 0) is 22.8 Å². The highest BCUT2D eigenvalue weighted by molar-refractivity contribution is 7.90. The van der Waals surface area contributed by atoms with Gasteiger partial charge in [0.1, 0.15) is 26.9 Å². The highest BCUT2D eigenvalue weighted by Gasteiger charge is 2.19. The van der Waals surface area contributed by atoms with Crippen LogP contribution in [0.1, 0.15) is 36.8 Å². The molecule has 3 N–H and O–H groups in total. The van der Waals surface area contributed by atoms with Gasteiger partial charge in [0.05, 0.1) is 11.3 Å². The Kier molecular flexibility index (Phi) is 8.07. The summed E-state index contributed by atoms with van der Waals surface area (Å²) in [6.07, 6.45) is 11.6. The van der Waals surface area contributed by atoms with Crippen LogP contribution < -0.4 is 5.32 Å². The average molecular weight is 642 g/mol. The lowest BCUT2D eigenvalue weighted by molar-refractivity contribution is 0.489. The number of pyridine rings is 2. The van der Waals surface area contributed by atoms with Gasteiger partial charge in [0.2, 0.25) is 0 Å². The van der Waals surface area contributed by atoms with Crippen molar-refractivity contribution in [3.8, 4) is 33.8 Å². The van der Waals surface area contributed by atoms with Crippen molar-refractivity contribution in [1.82, 2.24) is 35.5 Å². The summed E-state index contributed by atoms with van der Waals surface area (Å²) < 4.78 is 53.4. The number of benzene rings is 2. The second kappa shape index (κ2) is 12.3. The van der Waals surface area contributed by atoms with Crippen molar-refractivity contribution >= 4 is 31.9 Å². The van der Waals surface area contributed by atoms with Crippen molar-refractivity contribution in [2.75, 3.05) is 18.6 Å². The van der Waals surface area contributed by atoms with Crippen LogP contribution in [0, 0.1) is 17.6 Å². The number of aromatic nitrogens is 6. The molecule has 0 radical (unpaired) electrons. The molecule has 0 bridgehead atoms. The van der Waals surface area contributed by atoms with E-state index in [9.17, 15) is 12.8 Å². The second-order valence-electron chi connectivity index (χ2n) is 12.2. The minimum atomic E-state index is -3.21. The molecule has 1 fully saturated rings. The maximum atomic E-state index is 15.4. The van der Waals surface area contributed by atoms with Crippen LogP contribution in [0.25, 0.3) is 55.8 Å². The molecule has 0 spiro atoms. The molecule has 0 atom stereocenters. The summed E-state index contributed by atoms with van der Waals surface area (Å²) in [7, 11) is -3.21. The van der Waals surface area contributed by atoms with Crippen molar-refractivity contribution < 1.29 is 17.2 Å². The first-order valence-corrected chi connectivity index (χ1v) is 17.4. The second-order valence-corrected chi connectivity index (χ2v) is 14.4. The first kappa shape index (κ1) is 30.1. The fourth-order valence-corrected chi connectivity index (χ4v) is 6.93. The van der Waals surface area contributed by atoms with Crippen molar-refractivity contribution in [3.05, 3.63) is 83.8 Å². The lowest BCUT2D eigenvalue weighted by Gasteiger charge is -2.11. The number of nitrogens with one attached hydrogen (secondary N) is 3. The van der Waals surface area contributed by atoms with E-state index in [2.05, 4.69) is 35.5 Å². The van der Waals surface area contributed by atoms with Gasteiger partial charge in [-0.25, -0.2) is 27.2 Å². The van der Waals surface area contributed by atoms with Crippen molar-refractivity contribution in [3.63, 3.8) is 0 Å². The molecule has 0 aliphatic heterocycles. The third-order valence-corrected chi connectivity index (χ3v) is 9.58. The smallest absolute Gasteiger partial charge is 0.178 e. The molecule has 7 rings (SSSR count). The number of hydrogen-bond acceptors (Lipinski definition) is 7. The number of H-pyrrole nitrogens is 2. The van der Waals surface area contributed by atoms with E-state index in [0.29, 0.717) is 56.9 Å². The van der Waals surface area contributed by atoms with Crippen molar-refractivity contribution in [1.29, 1.82) is 0 Å². The topological polar surface area (TPSA) is 129 Å². The Morgan fingerprint density at radius 3 is 2.63 bits per heavy atom. The number of aryl methyl sites for hydroxylation is 1. The predicted molar refractivity (Wildman–Crippen MR) is 175 cm³/mol. The average Bonchev–Trinajstić information content (AvgIpc) is 3.79. The number of imidazole rings is 1. The number of nitrogens with zero attached hydrogens (tertiary/aromatic N) is 4. The van der Waals surface area contributed by atoms with Gasteiger partial charge in [-0.3, -0.25) is 10.1 Å². The highest BCUT2D eigenvalue weighted by Crippen LogP contribution is 2.34. The zero-order valence-electron chi connectivity index (χ0n) is 25.3. The lowest BCUT2D eigenvalue weighted by atomic mass is 10.0. The zero-order chi connectivity index (χ0) is 31.8. The predicted octanol–water partition coefficient (Wildman–Crippen LogP) is 6.38. The van der Waals surface area contributed by atoms with Crippen LogP contribution in [0.2, 0.25) is 0 Å². The zero-order valence-corrected chi connectivity index (χ0v) is 26.1.